The van der Waals surface area contributed by atoms with Gasteiger partial charge in [0.05, 0.1) is 18.3 Å². The van der Waals surface area contributed by atoms with Crippen molar-refractivity contribution in [3.63, 3.8) is 0 Å². The Morgan fingerprint density at radius 3 is 2.00 bits per heavy atom. The van der Waals surface area contributed by atoms with E-state index in [1.807, 2.05) is 109 Å². The number of cyclic esters (lactones) is 1. The predicted octanol–water partition coefficient (Wildman–Crippen LogP) is 7.87. The fraction of sp³-hybridized carbons (Fsp3) is 0.627. The largest absolute Gasteiger partial charge is 0.460 e. The number of hydrogen-bond donors (Lipinski definition) is 1. The number of amides is 1. The molecule has 0 spiro atoms. The van der Waals surface area contributed by atoms with E-state index in [0.717, 1.165) is 16.7 Å². The number of nitrogens with zero attached hydrogens (tertiary/aromatic N) is 3. The SMILES string of the molecule is CO[C@H]1C[C@@H]2CC[C@@H](C)[C@@](O)(O2)C(=O)C(=O)N2CCCC[C@H]2C(=O)O[C@H]([C@H](C)C[C@@H]2CC[C@@H](OC(=O)C[n+]3ccc(C)cc3)[C@H](OC)C2)CC(=O)[C@H](C)/C=C(\C)[C@@H](OC(=O)C[n+]2ccc(C)cc2)[C@@H](OC)C(=O)[C@H](C)C[C@H](C)/C=C/C=C/C=C/1C. The summed E-state index contributed by atoms with van der Waals surface area (Å²) in [6.45, 7) is 16.5. The average Bonchev–Trinajstić information content (AvgIpc) is 3.00. The molecular formula is C67H95N3O15+2. The number of carbonyl (C=O) groups excluding carboxylic acids is 7. The third kappa shape index (κ3) is 19.0. The van der Waals surface area contributed by atoms with E-state index < -0.39 is 102 Å². The van der Waals surface area contributed by atoms with Gasteiger partial charge in [0.2, 0.25) is 18.9 Å². The molecule has 1 amide bonds. The fourth-order valence-electron chi connectivity index (χ4n) is 12.3. The highest BCUT2D eigenvalue weighted by atomic mass is 16.6. The van der Waals surface area contributed by atoms with Crippen LogP contribution in [0.25, 0.3) is 0 Å². The molecule has 466 valence electrons. The van der Waals surface area contributed by atoms with E-state index in [4.69, 9.17) is 33.2 Å². The highest BCUT2D eigenvalue weighted by Crippen LogP contribution is 2.38. The van der Waals surface area contributed by atoms with Crippen LogP contribution in [0.2, 0.25) is 0 Å². The van der Waals surface area contributed by atoms with Crippen molar-refractivity contribution in [2.75, 3.05) is 27.9 Å². The number of hydrogen-bond acceptors (Lipinski definition) is 15. The van der Waals surface area contributed by atoms with Gasteiger partial charge in [0, 0.05) is 82.7 Å². The lowest BCUT2D eigenvalue weighted by molar-refractivity contribution is -0.686. The van der Waals surface area contributed by atoms with Gasteiger partial charge in [0.1, 0.15) is 24.0 Å². The summed E-state index contributed by atoms with van der Waals surface area (Å²) in [6, 6.07) is 6.35. The van der Waals surface area contributed by atoms with E-state index in [-0.39, 0.29) is 68.3 Å². The van der Waals surface area contributed by atoms with Crippen molar-refractivity contribution in [3.8, 4) is 0 Å². The molecule has 2 aromatic heterocycles. The maximum atomic E-state index is 14.8. The number of aryl methyl sites for hydroxylation is 2. The van der Waals surface area contributed by atoms with E-state index >= 15 is 0 Å². The predicted molar refractivity (Wildman–Crippen MR) is 316 cm³/mol. The second-order valence-corrected chi connectivity index (χ2v) is 24.6. The van der Waals surface area contributed by atoms with E-state index in [9.17, 15) is 38.7 Å². The number of aliphatic hydroxyl groups is 1. The van der Waals surface area contributed by atoms with Crippen molar-refractivity contribution < 1.29 is 81.0 Å². The zero-order chi connectivity index (χ0) is 62.1. The van der Waals surface area contributed by atoms with Crippen LogP contribution in [-0.4, -0.2) is 134 Å². The molecule has 3 fully saturated rings. The van der Waals surface area contributed by atoms with E-state index in [0.29, 0.717) is 63.4 Å². The summed E-state index contributed by atoms with van der Waals surface area (Å²) in [6.07, 6.45) is 17.6. The average molecular weight is 1180 g/mol. The number of allylic oxidation sites excluding steroid dienone is 6. The van der Waals surface area contributed by atoms with Gasteiger partial charge in [-0.1, -0.05) is 71.1 Å². The zero-order valence-corrected chi connectivity index (χ0v) is 52.3. The summed E-state index contributed by atoms with van der Waals surface area (Å²) < 4.78 is 46.0. The zero-order valence-electron chi connectivity index (χ0n) is 52.3. The summed E-state index contributed by atoms with van der Waals surface area (Å²) in [5.74, 6) is -9.72. The smallest absolute Gasteiger partial charge is 0.373 e. The van der Waals surface area contributed by atoms with E-state index in [1.165, 1.54) is 12.0 Å². The molecule has 2 aromatic rings. The number of carbonyl (C=O) groups is 7. The molecule has 5 heterocycles. The molecule has 85 heavy (non-hydrogen) atoms. The molecule has 2 bridgehead atoms. The van der Waals surface area contributed by atoms with Crippen LogP contribution in [0, 0.1) is 49.4 Å². The van der Waals surface area contributed by atoms with Gasteiger partial charge >= 0.3 is 17.9 Å². The maximum absolute atomic E-state index is 14.8. The van der Waals surface area contributed by atoms with Gasteiger partial charge < -0.3 is 43.2 Å². The topological polar surface area (TPSA) is 215 Å². The summed E-state index contributed by atoms with van der Waals surface area (Å²) in [5, 5.41) is 12.1. The van der Waals surface area contributed by atoms with Gasteiger partial charge in [0.15, 0.2) is 42.8 Å². The Kier molecular flexibility index (Phi) is 25.7. The Hall–Kier alpha value is -6.05. The maximum Gasteiger partial charge on any atom is 0.373 e. The van der Waals surface area contributed by atoms with Crippen molar-refractivity contribution >= 4 is 41.2 Å². The molecule has 2 saturated heterocycles. The number of esters is 3. The highest BCUT2D eigenvalue weighted by Gasteiger charge is 2.53. The van der Waals surface area contributed by atoms with Crippen LogP contribution in [0.5, 0.6) is 0 Å². The number of pyridine rings is 2. The van der Waals surface area contributed by atoms with Crippen LogP contribution in [0.3, 0.4) is 0 Å². The minimum atomic E-state index is -2.48. The van der Waals surface area contributed by atoms with Gasteiger partial charge in [0.25, 0.3) is 11.7 Å². The monoisotopic (exact) mass is 1180 g/mol. The first kappa shape index (κ1) is 68.1. The lowest BCUT2D eigenvalue weighted by Gasteiger charge is -2.42. The van der Waals surface area contributed by atoms with Crippen molar-refractivity contribution in [1.29, 1.82) is 0 Å². The number of ketones is 3. The first-order chi connectivity index (χ1) is 40.4. The Bertz CT molecular complexity index is 2740. The normalized spacial score (nSPS) is 33.4. The molecule has 18 heteroatoms. The fourth-order valence-corrected chi connectivity index (χ4v) is 12.3. The molecule has 0 aromatic carbocycles. The Morgan fingerprint density at radius 2 is 1.38 bits per heavy atom. The standard InChI is InChI=1S/C67H95N3O15/c1-42-25-30-68(31-26-42)40-59(72)82-55-24-22-51(37-58(55)80-11)36-47(6)57-39-54(71)46(5)35-49(8)62(84-60(73)41-69-32-27-43(2)28-33-69)63(81-12)61(74)48(7)34-44(3)18-14-13-15-19-45(4)56(79-10)38-52-23-21-50(9)67(78,85-52)64(75)65(76)70-29-17-16-20-53(70)66(77)83-57/h13-15,18-19,25-28,30-33,35,44,46-48,50-53,55-58,62-63,78H,16-17,20-24,29,34,36-41H2,1-12H3/q+2/b15-13+,18-14+,45-19+,49-35+/t44-,46-,47-,48-,50-,51+,52+,53+,55-,56+,57+,58-,62-,63+,67-/m1/s1. The van der Waals surface area contributed by atoms with Crippen molar-refractivity contribution in [2.45, 2.75) is 207 Å². The van der Waals surface area contributed by atoms with Gasteiger partial charge in [-0.3, -0.25) is 19.2 Å². The summed E-state index contributed by atoms with van der Waals surface area (Å²) in [5.41, 5.74) is 3.34. The van der Waals surface area contributed by atoms with Crippen LogP contribution in [0.1, 0.15) is 137 Å². The van der Waals surface area contributed by atoms with Crippen LogP contribution in [0.15, 0.2) is 96.7 Å². The third-order valence-electron chi connectivity index (χ3n) is 17.7. The minimum Gasteiger partial charge on any atom is -0.460 e. The molecule has 1 aliphatic carbocycles. The van der Waals surface area contributed by atoms with Crippen LogP contribution < -0.4 is 9.13 Å². The van der Waals surface area contributed by atoms with E-state index in [1.54, 1.807) is 62.6 Å². The number of Topliss-reactive ketones (excluding diaryl/α,β-unsaturated/α-hetero) is 3. The molecule has 6 rings (SSSR count). The van der Waals surface area contributed by atoms with Crippen LogP contribution >= 0.6 is 0 Å². The molecule has 0 radical (unpaired) electrons. The second-order valence-electron chi connectivity index (χ2n) is 24.6. The summed E-state index contributed by atoms with van der Waals surface area (Å²) in [4.78, 5) is 101. The third-order valence-corrected chi connectivity index (χ3v) is 17.7. The molecule has 4 aliphatic rings. The molecule has 18 nitrogen and oxygen atoms in total. The van der Waals surface area contributed by atoms with Crippen molar-refractivity contribution in [1.82, 2.24) is 4.90 Å². The lowest BCUT2D eigenvalue weighted by Crippen LogP contribution is -2.61. The first-order valence-corrected chi connectivity index (χ1v) is 30.6. The molecule has 3 aliphatic heterocycles. The van der Waals surface area contributed by atoms with Crippen LogP contribution in [0.4, 0.5) is 0 Å². The summed E-state index contributed by atoms with van der Waals surface area (Å²) >= 11 is 0. The first-order valence-electron chi connectivity index (χ1n) is 30.6. The van der Waals surface area contributed by atoms with Gasteiger partial charge in [-0.25, -0.2) is 14.4 Å². The van der Waals surface area contributed by atoms with E-state index in [2.05, 4.69) is 0 Å². The number of aromatic nitrogens is 2. The Labute approximate surface area is 503 Å². The Balaban J connectivity index is 1.33. The second kappa shape index (κ2) is 32.1. The minimum absolute atomic E-state index is 0.00570. The Morgan fingerprint density at radius 1 is 0.729 bits per heavy atom. The number of methoxy groups -OCH3 is 3. The van der Waals surface area contributed by atoms with Gasteiger partial charge in [-0.2, -0.15) is 9.13 Å². The molecule has 0 unspecified atom stereocenters. The number of ether oxygens (including phenoxy) is 7. The quantitative estimate of drug-likeness (QED) is 0.0704. The van der Waals surface area contributed by atoms with Gasteiger partial charge in [-0.05, 0) is 132 Å². The molecule has 15 atom stereocenters. The number of fused-ring (bicyclic) bond motifs is 3. The number of piperidine rings is 1. The molecule has 1 N–H and O–H groups in total. The molecule has 1 saturated carbocycles. The van der Waals surface area contributed by atoms with Crippen LogP contribution in [-0.2, 0) is 79.8 Å². The summed E-state index contributed by atoms with van der Waals surface area (Å²) in [7, 11) is 4.55. The highest BCUT2D eigenvalue weighted by molar-refractivity contribution is 6.39. The van der Waals surface area contributed by atoms with Crippen molar-refractivity contribution in [2.24, 2.45) is 35.5 Å². The lowest BCUT2D eigenvalue weighted by atomic mass is 9.78. The number of rotatable bonds is 12. The molecular weight excluding hydrogens is 1090 g/mol. The van der Waals surface area contributed by atoms with Gasteiger partial charge in [-0.15, -0.1) is 0 Å². The van der Waals surface area contributed by atoms with Crippen molar-refractivity contribution in [3.05, 3.63) is 108 Å².